The van der Waals surface area contributed by atoms with E-state index in [0.717, 1.165) is 5.39 Å². The number of rotatable bonds is 6. The molecule has 0 atom stereocenters. The van der Waals surface area contributed by atoms with Crippen molar-refractivity contribution < 1.29 is 17.9 Å². The van der Waals surface area contributed by atoms with Gasteiger partial charge in [-0.05, 0) is 60.0 Å². The van der Waals surface area contributed by atoms with Crippen molar-refractivity contribution in [1.29, 1.82) is 0 Å². The van der Waals surface area contributed by atoms with Crippen LogP contribution in [-0.2, 0) is 10.0 Å². The van der Waals surface area contributed by atoms with Gasteiger partial charge in [-0.3, -0.25) is 14.5 Å². The molecule has 1 aromatic heterocycles. The highest BCUT2D eigenvalue weighted by molar-refractivity contribution is 7.92. The van der Waals surface area contributed by atoms with Gasteiger partial charge in [-0.1, -0.05) is 23.7 Å². The maximum absolute atomic E-state index is 12.8. The van der Waals surface area contributed by atoms with E-state index in [-0.39, 0.29) is 16.5 Å². The Morgan fingerprint density at radius 1 is 0.969 bits per heavy atom. The van der Waals surface area contributed by atoms with Crippen molar-refractivity contribution in [3.63, 3.8) is 0 Å². The van der Waals surface area contributed by atoms with Gasteiger partial charge in [-0.2, -0.15) is 0 Å². The molecule has 32 heavy (non-hydrogen) atoms. The normalized spacial score (nSPS) is 11.2. The van der Waals surface area contributed by atoms with Gasteiger partial charge < -0.3 is 10.1 Å². The maximum Gasteiger partial charge on any atom is 0.269 e. The molecule has 0 fully saturated rings. The Hall–Kier alpha value is -3.62. The van der Waals surface area contributed by atoms with E-state index >= 15 is 0 Å². The lowest BCUT2D eigenvalue weighted by Crippen LogP contribution is -2.18. The molecule has 2 N–H and O–H groups in total. The predicted molar refractivity (Wildman–Crippen MR) is 124 cm³/mol. The smallest absolute Gasteiger partial charge is 0.269 e. The summed E-state index contributed by atoms with van der Waals surface area (Å²) in [6.45, 7) is 0. The molecular weight excluding hydrogens is 450 g/mol. The topological polar surface area (TPSA) is 97.4 Å². The van der Waals surface area contributed by atoms with Crippen LogP contribution in [-0.4, -0.2) is 26.4 Å². The number of fused-ring (bicyclic) bond motifs is 1. The molecule has 4 rings (SSSR count). The zero-order valence-corrected chi connectivity index (χ0v) is 18.4. The molecule has 0 spiro atoms. The minimum Gasteiger partial charge on any atom is -0.457 e. The Balaban J connectivity index is 1.62. The van der Waals surface area contributed by atoms with Crippen LogP contribution in [0.4, 0.5) is 5.69 Å². The van der Waals surface area contributed by atoms with Gasteiger partial charge in [0.05, 0.1) is 10.6 Å². The van der Waals surface area contributed by atoms with Crippen LogP contribution in [0.2, 0.25) is 5.02 Å². The van der Waals surface area contributed by atoms with E-state index in [4.69, 9.17) is 16.3 Å². The Labute approximate surface area is 190 Å². The molecule has 7 nitrogen and oxygen atoms in total. The highest BCUT2D eigenvalue weighted by Gasteiger charge is 2.16. The van der Waals surface area contributed by atoms with Crippen LogP contribution in [0.15, 0.2) is 83.9 Å². The van der Waals surface area contributed by atoms with Gasteiger partial charge in [-0.15, -0.1) is 0 Å². The fourth-order valence-corrected chi connectivity index (χ4v) is 4.30. The maximum atomic E-state index is 12.8. The van der Waals surface area contributed by atoms with Gasteiger partial charge in [0.2, 0.25) is 0 Å². The van der Waals surface area contributed by atoms with Crippen molar-refractivity contribution in [3.8, 4) is 11.5 Å². The summed E-state index contributed by atoms with van der Waals surface area (Å²) in [5.74, 6) is 0.674. The van der Waals surface area contributed by atoms with E-state index < -0.39 is 10.0 Å². The van der Waals surface area contributed by atoms with Crippen molar-refractivity contribution in [1.82, 2.24) is 10.3 Å². The summed E-state index contributed by atoms with van der Waals surface area (Å²) in [5.41, 5.74) is 0.680. The number of hydrogen-bond donors (Lipinski definition) is 2. The largest absolute Gasteiger partial charge is 0.457 e. The molecule has 0 aliphatic rings. The summed E-state index contributed by atoms with van der Waals surface area (Å²) in [5, 5.41) is 4.46. The first-order valence-corrected chi connectivity index (χ1v) is 11.4. The van der Waals surface area contributed by atoms with Crippen molar-refractivity contribution in [3.05, 3.63) is 89.7 Å². The standard InChI is InChI=1S/C23H18ClN3O4S/c1-25-23(28)22-14-18(11-12-26-22)31-17-7-10-20-15(13-17)3-2-4-21(20)27-32(29,30)19-8-5-16(24)6-9-19/h2-14,27H,1H3,(H,25,28). The number of halogens is 1. The number of nitrogens with zero attached hydrogens (tertiary/aromatic N) is 1. The second kappa shape index (κ2) is 8.86. The number of carbonyl (C=O) groups is 1. The minimum absolute atomic E-state index is 0.114. The lowest BCUT2D eigenvalue weighted by molar-refractivity contribution is 0.0958. The Kier molecular flexibility index (Phi) is 5.98. The Bertz CT molecular complexity index is 1410. The second-order valence-electron chi connectivity index (χ2n) is 6.81. The average Bonchev–Trinajstić information content (AvgIpc) is 2.79. The molecule has 162 valence electrons. The summed E-state index contributed by atoms with van der Waals surface area (Å²) < 4.78 is 34.0. The van der Waals surface area contributed by atoms with E-state index in [9.17, 15) is 13.2 Å². The summed E-state index contributed by atoms with van der Waals surface area (Å²) in [4.78, 5) is 15.9. The van der Waals surface area contributed by atoms with Gasteiger partial charge in [0.25, 0.3) is 15.9 Å². The number of aromatic nitrogens is 1. The average molecular weight is 468 g/mol. The molecule has 0 saturated heterocycles. The zero-order valence-electron chi connectivity index (χ0n) is 16.9. The van der Waals surface area contributed by atoms with E-state index in [0.29, 0.717) is 27.6 Å². The van der Waals surface area contributed by atoms with Gasteiger partial charge in [-0.25, -0.2) is 8.42 Å². The molecule has 9 heteroatoms. The molecule has 0 aliphatic carbocycles. The number of nitrogens with one attached hydrogen (secondary N) is 2. The first-order chi connectivity index (χ1) is 15.4. The monoisotopic (exact) mass is 467 g/mol. The molecule has 1 heterocycles. The van der Waals surface area contributed by atoms with Gasteiger partial charge in [0.1, 0.15) is 17.2 Å². The molecule has 0 aliphatic heterocycles. The number of benzene rings is 3. The quantitative estimate of drug-likeness (QED) is 0.423. The number of hydrogen-bond acceptors (Lipinski definition) is 5. The summed E-state index contributed by atoms with van der Waals surface area (Å²) in [6, 6.07) is 19.7. The summed E-state index contributed by atoms with van der Waals surface area (Å²) in [7, 11) is -2.25. The summed E-state index contributed by atoms with van der Waals surface area (Å²) >= 11 is 5.85. The number of pyridine rings is 1. The minimum atomic E-state index is -3.78. The predicted octanol–water partition coefficient (Wildman–Crippen LogP) is 4.84. The molecular formula is C23H18ClN3O4S. The first kappa shape index (κ1) is 21.6. The van der Waals surface area contributed by atoms with Crippen LogP contribution in [0.1, 0.15) is 10.5 Å². The fourth-order valence-electron chi connectivity index (χ4n) is 3.09. The highest BCUT2D eigenvalue weighted by atomic mass is 35.5. The van der Waals surface area contributed by atoms with E-state index in [2.05, 4.69) is 15.0 Å². The zero-order chi connectivity index (χ0) is 22.7. The number of carbonyl (C=O) groups excluding carboxylic acids is 1. The highest BCUT2D eigenvalue weighted by Crippen LogP contribution is 2.31. The van der Waals surface area contributed by atoms with Crippen LogP contribution in [0.3, 0.4) is 0 Å². The number of amides is 1. The van der Waals surface area contributed by atoms with Crippen LogP contribution in [0.25, 0.3) is 10.8 Å². The molecule has 0 unspecified atom stereocenters. The van der Waals surface area contributed by atoms with E-state index in [1.165, 1.54) is 37.5 Å². The lowest BCUT2D eigenvalue weighted by Gasteiger charge is -2.12. The third kappa shape index (κ3) is 4.66. The SMILES string of the molecule is CNC(=O)c1cc(Oc2ccc3c(NS(=O)(=O)c4ccc(Cl)cc4)cccc3c2)ccn1. The first-order valence-electron chi connectivity index (χ1n) is 9.53. The second-order valence-corrected chi connectivity index (χ2v) is 8.92. The molecule has 1 amide bonds. The van der Waals surface area contributed by atoms with Gasteiger partial charge >= 0.3 is 0 Å². The van der Waals surface area contributed by atoms with Crippen molar-refractivity contribution in [2.45, 2.75) is 4.90 Å². The van der Waals surface area contributed by atoms with Crippen LogP contribution < -0.4 is 14.8 Å². The third-order valence-electron chi connectivity index (χ3n) is 4.65. The molecule has 0 bridgehead atoms. The molecule has 0 radical (unpaired) electrons. The van der Waals surface area contributed by atoms with Crippen molar-refractivity contribution in [2.75, 3.05) is 11.8 Å². The number of sulfonamides is 1. The fraction of sp³-hybridized carbons (Fsp3) is 0.0435. The van der Waals surface area contributed by atoms with Crippen LogP contribution in [0, 0.1) is 0 Å². The van der Waals surface area contributed by atoms with Gasteiger partial charge in [0.15, 0.2) is 0 Å². The van der Waals surface area contributed by atoms with Crippen LogP contribution >= 0.6 is 11.6 Å². The van der Waals surface area contributed by atoms with Crippen molar-refractivity contribution in [2.24, 2.45) is 0 Å². The number of ether oxygens (including phenoxy) is 1. The van der Waals surface area contributed by atoms with Crippen molar-refractivity contribution >= 4 is 44.0 Å². The lowest BCUT2D eigenvalue weighted by atomic mass is 10.1. The molecule has 3 aromatic carbocycles. The Morgan fingerprint density at radius 2 is 1.72 bits per heavy atom. The number of anilines is 1. The Morgan fingerprint density at radius 3 is 2.47 bits per heavy atom. The molecule has 0 saturated carbocycles. The van der Waals surface area contributed by atoms with Gasteiger partial charge in [0, 0.05) is 29.7 Å². The molecule has 4 aromatic rings. The summed E-state index contributed by atoms with van der Waals surface area (Å²) in [6.07, 6.45) is 1.49. The van der Waals surface area contributed by atoms with E-state index in [1.54, 1.807) is 42.5 Å². The van der Waals surface area contributed by atoms with E-state index in [1.807, 2.05) is 6.07 Å². The van der Waals surface area contributed by atoms with Crippen LogP contribution in [0.5, 0.6) is 11.5 Å². The third-order valence-corrected chi connectivity index (χ3v) is 6.28.